The van der Waals surface area contributed by atoms with Gasteiger partial charge in [0.25, 0.3) is 0 Å². The van der Waals surface area contributed by atoms with Crippen LogP contribution in [0.5, 0.6) is 5.75 Å². The van der Waals surface area contributed by atoms with E-state index < -0.39 is 29.4 Å². The Morgan fingerprint density at radius 3 is 2.14 bits per heavy atom. The third-order valence-corrected chi connectivity index (χ3v) is 3.79. The molecule has 0 aliphatic heterocycles. The second-order valence-corrected chi connectivity index (χ2v) is 5.98. The standard InChI is InChI=1S/C18H11F6N3O2/c19-17(20,21)12-5-11(6-13(8-12)18(22,23)24)4-10-2-1-3-14(7-10)29-16(28)15-9-25-27-26-15/h1-3,5-9H,4H2,(H,25,26,27). The molecular weight excluding hydrogens is 404 g/mol. The number of rotatable bonds is 4. The van der Waals surface area contributed by atoms with E-state index in [1.807, 2.05) is 0 Å². The number of nitrogens with zero attached hydrogens (tertiary/aromatic N) is 2. The lowest BCUT2D eigenvalue weighted by atomic mass is 9.99. The van der Waals surface area contributed by atoms with Gasteiger partial charge in [-0.15, -0.1) is 5.10 Å². The summed E-state index contributed by atoms with van der Waals surface area (Å²) in [5.74, 6) is -0.771. The number of halogens is 6. The molecule has 0 saturated carbocycles. The van der Waals surface area contributed by atoms with Gasteiger partial charge in [-0.1, -0.05) is 12.1 Å². The van der Waals surface area contributed by atoms with E-state index in [1.54, 1.807) is 0 Å². The molecule has 5 nitrogen and oxygen atoms in total. The third kappa shape index (κ3) is 5.12. The number of nitrogens with one attached hydrogen (secondary N) is 1. The van der Waals surface area contributed by atoms with Crippen molar-refractivity contribution in [2.75, 3.05) is 0 Å². The van der Waals surface area contributed by atoms with Gasteiger partial charge in [-0.2, -0.15) is 36.7 Å². The highest BCUT2D eigenvalue weighted by Crippen LogP contribution is 2.36. The first kappa shape index (κ1) is 20.4. The largest absolute Gasteiger partial charge is 0.422 e. The van der Waals surface area contributed by atoms with Gasteiger partial charge in [-0.25, -0.2) is 4.79 Å². The van der Waals surface area contributed by atoms with Gasteiger partial charge >= 0.3 is 18.3 Å². The van der Waals surface area contributed by atoms with Gasteiger partial charge in [0.1, 0.15) is 5.75 Å². The smallest absolute Gasteiger partial charge is 0.416 e. The van der Waals surface area contributed by atoms with Crippen LogP contribution in [0.3, 0.4) is 0 Å². The molecule has 0 radical (unpaired) electrons. The first-order valence-corrected chi connectivity index (χ1v) is 7.97. The van der Waals surface area contributed by atoms with Gasteiger partial charge in [0, 0.05) is 0 Å². The Kier molecular flexibility index (Phi) is 5.31. The molecule has 2 aromatic carbocycles. The quantitative estimate of drug-likeness (QED) is 0.383. The summed E-state index contributed by atoms with van der Waals surface area (Å²) < 4.78 is 82.9. The van der Waals surface area contributed by atoms with E-state index in [2.05, 4.69) is 15.4 Å². The average molecular weight is 415 g/mol. The summed E-state index contributed by atoms with van der Waals surface area (Å²) in [6.45, 7) is 0. The number of hydrogen-bond donors (Lipinski definition) is 1. The van der Waals surface area contributed by atoms with Crippen LogP contribution in [0.2, 0.25) is 0 Å². The zero-order valence-corrected chi connectivity index (χ0v) is 14.3. The molecule has 0 spiro atoms. The fourth-order valence-corrected chi connectivity index (χ4v) is 2.54. The molecule has 0 atom stereocenters. The van der Waals surface area contributed by atoms with Crippen LogP contribution in [0.15, 0.2) is 48.7 Å². The zero-order chi connectivity index (χ0) is 21.2. The van der Waals surface area contributed by atoms with E-state index in [9.17, 15) is 31.1 Å². The molecule has 29 heavy (non-hydrogen) atoms. The molecule has 0 fully saturated rings. The Bertz CT molecular complexity index is 981. The van der Waals surface area contributed by atoms with E-state index in [0.29, 0.717) is 17.7 Å². The highest BCUT2D eigenvalue weighted by atomic mass is 19.4. The predicted molar refractivity (Wildman–Crippen MR) is 87.0 cm³/mol. The SMILES string of the molecule is O=C(Oc1cccc(Cc2cc(C(F)(F)F)cc(C(F)(F)F)c2)c1)c1cn[nH]n1. The molecule has 0 aliphatic carbocycles. The maximum atomic E-state index is 13.0. The van der Waals surface area contributed by atoms with Crippen molar-refractivity contribution >= 4 is 5.97 Å². The average Bonchev–Trinajstić information content (AvgIpc) is 3.15. The number of alkyl halides is 6. The van der Waals surface area contributed by atoms with Gasteiger partial charge in [-0.3, -0.25) is 0 Å². The Morgan fingerprint density at radius 2 is 1.59 bits per heavy atom. The van der Waals surface area contributed by atoms with Crippen LogP contribution >= 0.6 is 0 Å². The molecular formula is C18H11F6N3O2. The lowest BCUT2D eigenvalue weighted by molar-refractivity contribution is -0.143. The fraction of sp³-hybridized carbons (Fsp3) is 0.167. The van der Waals surface area contributed by atoms with Crippen molar-refractivity contribution in [3.63, 3.8) is 0 Å². The van der Waals surface area contributed by atoms with Crippen LogP contribution < -0.4 is 4.74 Å². The van der Waals surface area contributed by atoms with Crippen LogP contribution in [0, 0.1) is 0 Å². The minimum atomic E-state index is -4.93. The summed E-state index contributed by atoms with van der Waals surface area (Å²) >= 11 is 0. The molecule has 0 bridgehead atoms. The number of aromatic amines is 1. The van der Waals surface area contributed by atoms with Crippen molar-refractivity contribution in [1.82, 2.24) is 15.4 Å². The van der Waals surface area contributed by atoms with Crippen molar-refractivity contribution in [2.24, 2.45) is 0 Å². The normalized spacial score (nSPS) is 12.1. The maximum Gasteiger partial charge on any atom is 0.416 e. The molecule has 0 unspecified atom stereocenters. The summed E-state index contributed by atoms with van der Waals surface area (Å²) in [5, 5.41) is 9.23. The minimum Gasteiger partial charge on any atom is -0.422 e. The van der Waals surface area contributed by atoms with E-state index in [0.717, 1.165) is 6.20 Å². The lowest BCUT2D eigenvalue weighted by Crippen LogP contribution is -2.12. The molecule has 152 valence electrons. The maximum absolute atomic E-state index is 13.0. The van der Waals surface area contributed by atoms with E-state index >= 15 is 0 Å². The van der Waals surface area contributed by atoms with Crippen LogP contribution in [-0.2, 0) is 18.8 Å². The van der Waals surface area contributed by atoms with Gasteiger partial charge in [0.2, 0.25) is 0 Å². The van der Waals surface area contributed by atoms with E-state index in [1.165, 1.54) is 24.3 Å². The molecule has 3 rings (SSSR count). The number of aromatic nitrogens is 3. The van der Waals surface area contributed by atoms with Crippen LogP contribution in [-0.4, -0.2) is 21.4 Å². The van der Waals surface area contributed by atoms with E-state index in [4.69, 9.17) is 4.74 Å². The Balaban J connectivity index is 1.87. The number of benzene rings is 2. The number of H-pyrrole nitrogens is 1. The Morgan fingerprint density at radius 1 is 0.931 bits per heavy atom. The van der Waals surface area contributed by atoms with Crippen molar-refractivity contribution < 1.29 is 35.9 Å². The molecule has 1 N–H and O–H groups in total. The van der Waals surface area contributed by atoms with Gasteiger partial charge in [-0.05, 0) is 47.9 Å². The van der Waals surface area contributed by atoms with Crippen LogP contribution in [0.4, 0.5) is 26.3 Å². The Hall–Kier alpha value is -3.37. The topological polar surface area (TPSA) is 67.9 Å². The van der Waals surface area contributed by atoms with Crippen molar-refractivity contribution in [3.8, 4) is 5.75 Å². The highest BCUT2D eigenvalue weighted by Gasteiger charge is 2.36. The summed E-state index contributed by atoms with van der Waals surface area (Å²) in [5.41, 5.74) is -2.72. The van der Waals surface area contributed by atoms with Crippen LogP contribution in [0.1, 0.15) is 32.7 Å². The number of carbonyl (C=O) groups excluding carboxylic acids is 1. The second-order valence-electron chi connectivity index (χ2n) is 5.98. The third-order valence-electron chi connectivity index (χ3n) is 3.79. The highest BCUT2D eigenvalue weighted by molar-refractivity contribution is 5.88. The summed E-state index contributed by atoms with van der Waals surface area (Å²) in [6, 6.07) is 7.08. The summed E-state index contributed by atoms with van der Waals surface area (Å²) in [7, 11) is 0. The van der Waals surface area contributed by atoms with E-state index in [-0.39, 0.29) is 29.5 Å². The van der Waals surface area contributed by atoms with Crippen LogP contribution in [0.25, 0.3) is 0 Å². The fourth-order valence-electron chi connectivity index (χ4n) is 2.54. The lowest BCUT2D eigenvalue weighted by Gasteiger charge is -2.14. The zero-order valence-electron chi connectivity index (χ0n) is 14.3. The molecule has 0 aliphatic rings. The van der Waals surface area contributed by atoms with Gasteiger partial charge in [0.05, 0.1) is 17.3 Å². The van der Waals surface area contributed by atoms with Crippen molar-refractivity contribution in [1.29, 1.82) is 0 Å². The predicted octanol–water partition coefficient (Wildman–Crippen LogP) is 4.65. The van der Waals surface area contributed by atoms with Crippen molar-refractivity contribution in [2.45, 2.75) is 18.8 Å². The monoisotopic (exact) mass is 415 g/mol. The minimum absolute atomic E-state index is 0.0542. The first-order chi connectivity index (χ1) is 13.5. The number of esters is 1. The molecule has 3 aromatic rings. The van der Waals surface area contributed by atoms with Gasteiger partial charge < -0.3 is 4.74 Å². The first-order valence-electron chi connectivity index (χ1n) is 7.97. The molecule has 1 heterocycles. The number of ether oxygens (including phenoxy) is 1. The number of hydrogen-bond acceptors (Lipinski definition) is 4. The number of carbonyl (C=O) groups is 1. The molecule has 0 amide bonds. The molecule has 11 heteroatoms. The van der Waals surface area contributed by atoms with Gasteiger partial charge in [0.15, 0.2) is 5.69 Å². The molecule has 1 aromatic heterocycles. The Labute approximate surface area is 159 Å². The summed E-state index contributed by atoms with van der Waals surface area (Å²) in [6.07, 6.45) is -8.95. The molecule has 0 saturated heterocycles. The summed E-state index contributed by atoms with van der Waals surface area (Å²) in [4.78, 5) is 11.9. The van der Waals surface area contributed by atoms with Crippen molar-refractivity contribution in [3.05, 3.63) is 76.6 Å². The second kappa shape index (κ2) is 7.57.